The van der Waals surface area contributed by atoms with Crippen LogP contribution in [0.4, 0.5) is 0 Å². The molecule has 0 N–H and O–H groups in total. The van der Waals surface area contributed by atoms with E-state index in [-0.39, 0.29) is 16.7 Å². The lowest BCUT2D eigenvalue weighted by Crippen LogP contribution is -2.53. The van der Waals surface area contributed by atoms with E-state index in [2.05, 4.69) is 0 Å². The fraction of sp³-hybridized carbons (Fsp3) is 0.368. The average molecular weight is 441 g/mol. The number of piperidine rings is 1. The van der Waals surface area contributed by atoms with E-state index in [1.165, 1.54) is 11.3 Å². The van der Waals surface area contributed by atoms with E-state index in [9.17, 15) is 9.59 Å². The molecule has 0 aliphatic carbocycles. The summed E-state index contributed by atoms with van der Waals surface area (Å²) < 4.78 is 0. The van der Waals surface area contributed by atoms with Crippen molar-refractivity contribution < 1.29 is 9.59 Å². The summed E-state index contributed by atoms with van der Waals surface area (Å²) in [6.45, 7) is 1.99. The summed E-state index contributed by atoms with van der Waals surface area (Å²) in [6, 6.07) is 8.71. The first-order chi connectivity index (χ1) is 13.0. The number of carbonyl (C=O) groups is 2. The van der Waals surface area contributed by atoms with Gasteiger partial charge in [0.15, 0.2) is 0 Å². The SMILES string of the molecule is O=C(c1cc(Cl)cc(Cl)c1)N1CCC2(CC1)SCCN2C(=O)c1cccs1. The van der Waals surface area contributed by atoms with Gasteiger partial charge in [0.05, 0.1) is 9.75 Å². The van der Waals surface area contributed by atoms with Crippen molar-refractivity contribution in [2.45, 2.75) is 17.7 Å². The first-order valence-electron chi connectivity index (χ1n) is 8.73. The standard InChI is InChI=1S/C19H18Cl2N2O2S2/c20-14-10-13(11-15(21)12-14)17(24)22-5-3-19(4-6-22)23(7-9-27-19)18(25)16-2-1-8-26-16/h1-2,8,10-12H,3-7,9H2. The molecule has 1 aromatic heterocycles. The molecule has 2 amide bonds. The highest BCUT2D eigenvalue weighted by Gasteiger charge is 2.47. The third kappa shape index (κ3) is 3.73. The Labute approximate surface area is 176 Å². The van der Waals surface area contributed by atoms with Gasteiger partial charge in [0, 0.05) is 41.0 Å². The summed E-state index contributed by atoms with van der Waals surface area (Å²) >= 11 is 15.4. The number of carbonyl (C=O) groups excluding carboxylic acids is 2. The minimum Gasteiger partial charge on any atom is -0.338 e. The summed E-state index contributed by atoms with van der Waals surface area (Å²) in [5.41, 5.74) is 0.508. The summed E-state index contributed by atoms with van der Waals surface area (Å²) in [4.78, 5) is 30.2. The van der Waals surface area contributed by atoms with Crippen molar-refractivity contribution in [2.75, 3.05) is 25.4 Å². The lowest BCUT2D eigenvalue weighted by molar-refractivity contribution is 0.0501. The van der Waals surface area contributed by atoms with E-state index in [1.807, 2.05) is 39.1 Å². The van der Waals surface area contributed by atoms with Crippen molar-refractivity contribution in [2.24, 2.45) is 0 Å². The predicted molar refractivity (Wildman–Crippen MR) is 112 cm³/mol. The molecule has 1 spiro atoms. The third-order valence-electron chi connectivity index (χ3n) is 5.10. The maximum atomic E-state index is 12.9. The smallest absolute Gasteiger partial charge is 0.265 e. The second kappa shape index (κ2) is 7.66. The second-order valence-electron chi connectivity index (χ2n) is 6.68. The number of hydrogen-bond acceptors (Lipinski definition) is 4. The van der Waals surface area contributed by atoms with Crippen molar-refractivity contribution in [1.82, 2.24) is 9.80 Å². The summed E-state index contributed by atoms with van der Waals surface area (Å²) in [5.74, 6) is 0.986. The van der Waals surface area contributed by atoms with Crippen molar-refractivity contribution in [3.63, 3.8) is 0 Å². The average Bonchev–Trinajstić information content (AvgIpc) is 3.31. The van der Waals surface area contributed by atoms with E-state index in [1.54, 1.807) is 18.2 Å². The van der Waals surface area contributed by atoms with Crippen LogP contribution in [-0.4, -0.2) is 51.9 Å². The normalized spacial score (nSPS) is 18.9. The molecular weight excluding hydrogens is 423 g/mol. The first kappa shape index (κ1) is 19.1. The molecule has 2 aromatic rings. The molecule has 142 valence electrons. The van der Waals surface area contributed by atoms with Gasteiger partial charge in [-0.2, -0.15) is 0 Å². The number of benzene rings is 1. The van der Waals surface area contributed by atoms with Crippen LogP contribution in [0.25, 0.3) is 0 Å². The fourth-order valence-electron chi connectivity index (χ4n) is 3.76. The van der Waals surface area contributed by atoms with Crippen LogP contribution in [0.2, 0.25) is 10.0 Å². The van der Waals surface area contributed by atoms with Gasteiger partial charge in [-0.3, -0.25) is 9.59 Å². The van der Waals surface area contributed by atoms with Gasteiger partial charge in [-0.05, 0) is 42.5 Å². The van der Waals surface area contributed by atoms with E-state index in [0.717, 1.165) is 30.0 Å². The lowest BCUT2D eigenvalue weighted by Gasteiger charge is -2.44. The number of rotatable bonds is 2. The molecule has 27 heavy (non-hydrogen) atoms. The third-order valence-corrected chi connectivity index (χ3v) is 7.94. The Balaban J connectivity index is 1.47. The van der Waals surface area contributed by atoms with Crippen LogP contribution in [0.5, 0.6) is 0 Å². The van der Waals surface area contributed by atoms with E-state index in [0.29, 0.717) is 28.7 Å². The van der Waals surface area contributed by atoms with E-state index in [4.69, 9.17) is 23.2 Å². The molecule has 4 rings (SSSR count). The Morgan fingerprint density at radius 2 is 1.70 bits per heavy atom. The predicted octanol–water partition coefficient (Wildman–Crippen LogP) is 4.88. The van der Waals surface area contributed by atoms with Gasteiger partial charge in [0.1, 0.15) is 0 Å². The van der Waals surface area contributed by atoms with Gasteiger partial charge < -0.3 is 9.80 Å². The summed E-state index contributed by atoms with van der Waals surface area (Å²) in [5, 5.41) is 2.84. The largest absolute Gasteiger partial charge is 0.338 e. The van der Waals surface area contributed by atoms with Gasteiger partial charge in [0.2, 0.25) is 0 Å². The minimum atomic E-state index is -0.205. The van der Waals surface area contributed by atoms with Crippen molar-refractivity contribution in [3.05, 3.63) is 56.2 Å². The van der Waals surface area contributed by atoms with Gasteiger partial charge in [-0.25, -0.2) is 0 Å². The topological polar surface area (TPSA) is 40.6 Å². The first-order valence-corrected chi connectivity index (χ1v) is 11.4. The van der Waals surface area contributed by atoms with Gasteiger partial charge in [-0.15, -0.1) is 23.1 Å². The second-order valence-corrected chi connectivity index (χ2v) is 9.96. The highest BCUT2D eigenvalue weighted by Crippen LogP contribution is 2.45. The number of hydrogen-bond donors (Lipinski definition) is 0. The molecule has 4 nitrogen and oxygen atoms in total. The van der Waals surface area contributed by atoms with E-state index < -0.39 is 0 Å². The molecule has 3 heterocycles. The highest BCUT2D eigenvalue weighted by molar-refractivity contribution is 8.00. The lowest BCUT2D eigenvalue weighted by atomic mass is 10.0. The number of halogens is 2. The Hall–Kier alpha value is -1.21. The molecule has 0 saturated carbocycles. The van der Waals surface area contributed by atoms with Crippen molar-refractivity contribution in [1.29, 1.82) is 0 Å². The molecular formula is C19H18Cl2N2O2S2. The monoisotopic (exact) mass is 440 g/mol. The fourth-order valence-corrected chi connectivity index (χ4v) is 6.41. The molecule has 0 bridgehead atoms. The van der Waals surface area contributed by atoms with E-state index >= 15 is 0 Å². The minimum absolute atomic E-state index is 0.0617. The number of amides is 2. The molecule has 2 saturated heterocycles. The molecule has 2 aliphatic heterocycles. The summed E-state index contributed by atoms with van der Waals surface area (Å²) in [7, 11) is 0. The van der Waals surface area contributed by atoms with Crippen LogP contribution in [-0.2, 0) is 0 Å². The van der Waals surface area contributed by atoms with Crippen molar-refractivity contribution >= 4 is 58.1 Å². The van der Waals surface area contributed by atoms with Crippen LogP contribution in [0.3, 0.4) is 0 Å². The van der Waals surface area contributed by atoms with Crippen LogP contribution >= 0.6 is 46.3 Å². The van der Waals surface area contributed by atoms with Gasteiger partial charge >= 0.3 is 0 Å². The molecule has 8 heteroatoms. The van der Waals surface area contributed by atoms with Crippen LogP contribution < -0.4 is 0 Å². The molecule has 2 fully saturated rings. The Morgan fingerprint density at radius 1 is 1.00 bits per heavy atom. The molecule has 0 unspecified atom stereocenters. The Morgan fingerprint density at radius 3 is 2.33 bits per heavy atom. The van der Waals surface area contributed by atoms with Gasteiger partial charge in [-0.1, -0.05) is 29.3 Å². The maximum absolute atomic E-state index is 12.9. The molecule has 0 radical (unpaired) electrons. The molecule has 1 aromatic carbocycles. The molecule has 0 atom stereocenters. The van der Waals surface area contributed by atoms with Crippen LogP contribution in [0, 0.1) is 0 Å². The van der Waals surface area contributed by atoms with Crippen molar-refractivity contribution in [3.8, 4) is 0 Å². The highest BCUT2D eigenvalue weighted by atomic mass is 35.5. The zero-order valence-corrected chi connectivity index (χ0v) is 17.6. The maximum Gasteiger partial charge on any atom is 0.265 e. The number of thiophene rings is 1. The van der Waals surface area contributed by atoms with Gasteiger partial charge in [0.25, 0.3) is 11.8 Å². The van der Waals surface area contributed by atoms with Crippen LogP contribution in [0.1, 0.15) is 32.9 Å². The number of likely N-dealkylation sites (tertiary alicyclic amines) is 1. The quantitative estimate of drug-likeness (QED) is 0.667. The summed E-state index contributed by atoms with van der Waals surface area (Å²) in [6.07, 6.45) is 1.55. The zero-order chi connectivity index (χ0) is 19.0. The Bertz CT molecular complexity index is 844. The number of nitrogens with zero attached hydrogens (tertiary/aromatic N) is 2. The Kier molecular flexibility index (Phi) is 5.43. The molecule has 2 aliphatic rings. The zero-order valence-electron chi connectivity index (χ0n) is 14.5. The number of thioether (sulfide) groups is 1. The van der Waals surface area contributed by atoms with Crippen LogP contribution in [0.15, 0.2) is 35.7 Å².